The summed E-state index contributed by atoms with van der Waals surface area (Å²) in [7, 11) is 0. The number of rotatable bonds is 4. The van der Waals surface area contributed by atoms with Crippen LogP contribution in [-0.4, -0.2) is 9.97 Å². The van der Waals surface area contributed by atoms with Crippen LogP contribution in [0.1, 0.15) is 5.56 Å². The molecule has 0 aliphatic carbocycles. The van der Waals surface area contributed by atoms with Crippen LogP contribution >= 0.6 is 0 Å². The van der Waals surface area contributed by atoms with Crippen LogP contribution in [0.4, 0.5) is 0 Å². The zero-order valence-electron chi connectivity index (χ0n) is 17.4. The molecule has 0 unspecified atom stereocenters. The highest BCUT2D eigenvalue weighted by Crippen LogP contribution is 2.33. The Morgan fingerprint density at radius 1 is 0.419 bits per heavy atom. The van der Waals surface area contributed by atoms with Gasteiger partial charge in [-0.1, -0.05) is 109 Å². The molecule has 0 saturated carbocycles. The summed E-state index contributed by atoms with van der Waals surface area (Å²) in [4.78, 5) is 9.99. The first-order chi connectivity index (χ1) is 15.3. The molecule has 5 aromatic rings. The van der Waals surface area contributed by atoms with Gasteiger partial charge >= 0.3 is 0 Å². The van der Waals surface area contributed by atoms with Gasteiger partial charge in [0.2, 0.25) is 0 Å². The maximum Gasteiger partial charge on any atom is 0.160 e. The lowest BCUT2D eigenvalue weighted by Gasteiger charge is -2.14. The second-order valence-electron chi connectivity index (χ2n) is 7.55. The molecule has 31 heavy (non-hydrogen) atoms. The zero-order valence-corrected chi connectivity index (χ0v) is 17.4. The van der Waals surface area contributed by atoms with Crippen molar-refractivity contribution >= 4 is 0 Å². The molecular formula is C29H22N2. The van der Waals surface area contributed by atoms with Gasteiger partial charge in [0.25, 0.3) is 0 Å². The quantitative estimate of drug-likeness (QED) is 0.314. The van der Waals surface area contributed by atoms with Gasteiger partial charge in [0, 0.05) is 22.3 Å². The van der Waals surface area contributed by atoms with Crippen molar-refractivity contribution in [2.75, 3.05) is 0 Å². The third kappa shape index (κ3) is 3.88. The van der Waals surface area contributed by atoms with Crippen LogP contribution < -0.4 is 0 Å². The average Bonchev–Trinajstić information content (AvgIpc) is 2.86. The van der Waals surface area contributed by atoms with E-state index in [1.807, 2.05) is 30.3 Å². The third-order valence-electron chi connectivity index (χ3n) is 5.47. The molecule has 0 radical (unpaired) electrons. The van der Waals surface area contributed by atoms with E-state index < -0.39 is 0 Å². The van der Waals surface area contributed by atoms with Gasteiger partial charge in [-0.25, -0.2) is 9.97 Å². The molecule has 0 spiro atoms. The van der Waals surface area contributed by atoms with Crippen molar-refractivity contribution < 1.29 is 0 Å². The monoisotopic (exact) mass is 398 g/mol. The van der Waals surface area contributed by atoms with Crippen LogP contribution in [0, 0.1) is 6.92 Å². The van der Waals surface area contributed by atoms with Gasteiger partial charge in [-0.3, -0.25) is 0 Å². The Kier molecular flexibility index (Phi) is 5.12. The summed E-state index contributed by atoms with van der Waals surface area (Å²) in [5.74, 6) is 0.741. The predicted molar refractivity (Wildman–Crippen MR) is 129 cm³/mol. The summed E-state index contributed by atoms with van der Waals surface area (Å²) in [6, 6.07) is 39.6. The predicted octanol–water partition coefficient (Wildman–Crippen LogP) is 7.45. The highest BCUT2D eigenvalue weighted by atomic mass is 14.9. The largest absolute Gasteiger partial charge is 0.228 e. The van der Waals surface area contributed by atoms with Gasteiger partial charge in [0.1, 0.15) is 0 Å². The van der Waals surface area contributed by atoms with E-state index in [1.54, 1.807) is 0 Å². The van der Waals surface area contributed by atoms with Gasteiger partial charge in [-0.2, -0.15) is 0 Å². The Balaban J connectivity index is 1.72. The standard InChI is InChI=1S/C29H22N2/c1-21-27(23-14-7-3-8-15-23)30-29(24-16-9-4-10-17-24)31-28(21)26-19-11-18-25(20-26)22-12-5-2-6-13-22/h2-20H,1H3. The van der Waals surface area contributed by atoms with Gasteiger partial charge < -0.3 is 0 Å². The molecule has 0 bridgehead atoms. The van der Waals surface area contributed by atoms with E-state index >= 15 is 0 Å². The topological polar surface area (TPSA) is 25.8 Å². The van der Waals surface area contributed by atoms with Crippen LogP contribution in [-0.2, 0) is 0 Å². The zero-order chi connectivity index (χ0) is 21.0. The summed E-state index contributed by atoms with van der Waals surface area (Å²) in [5.41, 5.74) is 8.59. The van der Waals surface area contributed by atoms with Crippen molar-refractivity contribution in [3.63, 3.8) is 0 Å². The van der Waals surface area contributed by atoms with Gasteiger partial charge in [-0.15, -0.1) is 0 Å². The van der Waals surface area contributed by atoms with Crippen molar-refractivity contribution in [3.05, 3.63) is 121 Å². The van der Waals surface area contributed by atoms with Crippen LogP contribution in [0.3, 0.4) is 0 Å². The van der Waals surface area contributed by atoms with E-state index in [2.05, 4.69) is 91.9 Å². The van der Waals surface area contributed by atoms with E-state index in [-0.39, 0.29) is 0 Å². The maximum atomic E-state index is 5.02. The fourth-order valence-corrected chi connectivity index (χ4v) is 3.87. The van der Waals surface area contributed by atoms with E-state index in [0.717, 1.165) is 39.5 Å². The van der Waals surface area contributed by atoms with Crippen molar-refractivity contribution in [2.24, 2.45) is 0 Å². The molecule has 0 N–H and O–H groups in total. The molecule has 2 heteroatoms. The molecule has 1 heterocycles. The van der Waals surface area contributed by atoms with Gasteiger partial charge in [0.05, 0.1) is 11.4 Å². The Morgan fingerprint density at radius 2 is 0.871 bits per heavy atom. The summed E-state index contributed by atoms with van der Waals surface area (Å²) >= 11 is 0. The minimum atomic E-state index is 0.741. The number of nitrogens with zero attached hydrogens (tertiary/aromatic N) is 2. The lowest BCUT2D eigenvalue weighted by atomic mass is 9.97. The fourth-order valence-electron chi connectivity index (χ4n) is 3.87. The normalized spacial score (nSPS) is 10.7. The number of hydrogen-bond acceptors (Lipinski definition) is 2. The average molecular weight is 399 g/mol. The van der Waals surface area contributed by atoms with E-state index in [1.165, 1.54) is 11.1 Å². The lowest BCUT2D eigenvalue weighted by molar-refractivity contribution is 1.15. The van der Waals surface area contributed by atoms with Crippen molar-refractivity contribution in [2.45, 2.75) is 6.92 Å². The minimum absolute atomic E-state index is 0.741. The Bertz CT molecular complexity index is 1310. The highest BCUT2D eigenvalue weighted by Gasteiger charge is 2.15. The molecule has 0 atom stereocenters. The second-order valence-corrected chi connectivity index (χ2v) is 7.55. The molecule has 0 aliphatic rings. The van der Waals surface area contributed by atoms with E-state index in [0.29, 0.717) is 0 Å². The molecule has 148 valence electrons. The molecular weight excluding hydrogens is 376 g/mol. The third-order valence-corrected chi connectivity index (χ3v) is 5.47. The SMILES string of the molecule is Cc1c(-c2ccccc2)nc(-c2ccccc2)nc1-c1cccc(-c2ccccc2)c1. The van der Waals surface area contributed by atoms with E-state index in [4.69, 9.17) is 9.97 Å². The number of hydrogen-bond donors (Lipinski definition) is 0. The lowest BCUT2D eigenvalue weighted by Crippen LogP contribution is -2.00. The van der Waals surface area contributed by atoms with Crippen LogP contribution in [0.25, 0.3) is 45.0 Å². The Labute approximate surface area is 182 Å². The van der Waals surface area contributed by atoms with Crippen molar-refractivity contribution in [1.29, 1.82) is 0 Å². The Hall–Kier alpha value is -4.04. The summed E-state index contributed by atoms with van der Waals surface area (Å²) in [6.07, 6.45) is 0. The van der Waals surface area contributed by atoms with Crippen LogP contribution in [0.5, 0.6) is 0 Å². The van der Waals surface area contributed by atoms with E-state index in [9.17, 15) is 0 Å². The molecule has 4 aromatic carbocycles. The molecule has 0 aliphatic heterocycles. The first kappa shape index (κ1) is 19.0. The summed E-state index contributed by atoms with van der Waals surface area (Å²) in [5, 5.41) is 0. The Morgan fingerprint density at radius 3 is 1.48 bits per heavy atom. The number of aromatic nitrogens is 2. The van der Waals surface area contributed by atoms with Gasteiger partial charge in [0.15, 0.2) is 5.82 Å². The molecule has 0 fully saturated rings. The summed E-state index contributed by atoms with van der Waals surface area (Å²) in [6.45, 7) is 2.11. The highest BCUT2D eigenvalue weighted by molar-refractivity contribution is 5.78. The number of benzene rings is 4. The minimum Gasteiger partial charge on any atom is -0.228 e. The van der Waals surface area contributed by atoms with Crippen LogP contribution in [0.15, 0.2) is 115 Å². The second kappa shape index (κ2) is 8.37. The first-order valence-corrected chi connectivity index (χ1v) is 10.4. The smallest absolute Gasteiger partial charge is 0.160 e. The summed E-state index contributed by atoms with van der Waals surface area (Å²) < 4.78 is 0. The maximum absolute atomic E-state index is 5.02. The molecule has 0 amide bonds. The molecule has 0 saturated heterocycles. The van der Waals surface area contributed by atoms with Gasteiger partial charge in [-0.05, 0) is 24.1 Å². The van der Waals surface area contributed by atoms with Crippen LogP contribution in [0.2, 0.25) is 0 Å². The van der Waals surface area contributed by atoms with Crippen molar-refractivity contribution in [1.82, 2.24) is 9.97 Å². The van der Waals surface area contributed by atoms with Crippen molar-refractivity contribution in [3.8, 4) is 45.0 Å². The molecule has 2 nitrogen and oxygen atoms in total. The fraction of sp³-hybridized carbons (Fsp3) is 0.0345. The molecule has 1 aromatic heterocycles. The molecule has 5 rings (SSSR count). The first-order valence-electron chi connectivity index (χ1n) is 10.4.